The van der Waals surface area contributed by atoms with Gasteiger partial charge in [-0.05, 0) is 21.5 Å². The van der Waals surface area contributed by atoms with Crippen LogP contribution in [0.4, 0.5) is 4.79 Å². The molecule has 2 N–H and O–H groups in total. The van der Waals surface area contributed by atoms with Crippen LogP contribution in [0.25, 0.3) is 0 Å². The first-order valence-electron chi connectivity index (χ1n) is 8.66. The number of nitrogens with zero attached hydrogens (tertiary/aromatic N) is 2. The zero-order chi connectivity index (χ0) is 20.1. The van der Waals surface area contributed by atoms with Crippen LogP contribution in [0.5, 0.6) is 0 Å². The van der Waals surface area contributed by atoms with E-state index in [9.17, 15) is 19.2 Å². The van der Waals surface area contributed by atoms with Gasteiger partial charge in [0.1, 0.15) is 6.61 Å². The van der Waals surface area contributed by atoms with E-state index in [1.807, 2.05) is 30.3 Å². The molecule has 2 heterocycles. The van der Waals surface area contributed by atoms with Crippen molar-refractivity contribution in [1.29, 1.82) is 0 Å². The van der Waals surface area contributed by atoms with Crippen LogP contribution in [0.2, 0.25) is 0 Å². The first kappa shape index (κ1) is 19.9. The van der Waals surface area contributed by atoms with Gasteiger partial charge in [-0.25, -0.2) is 9.59 Å². The highest BCUT2D eigenvalue weighted by Gasteiger charge is 2.31. The van der Waals surface area contributed by atoms with Crippen LogP contribution in [0.1, 0.15) is 12.0 Å². The third kappa shape index (κ3) is 5.10. The Hall–Kier alpha value is -2.88. The van der Waals surface area contributed by atoms with Crippen LogP contribution in [0, 0.1) is 0 Å². The number of hydrogen-bond donors (Lipinski definition) is 2. The molecule has 1 saturated heterocycles. The van der Waals surface area contributed by atoms with Crippen LogP contribution in [0.15, 0.2) is 50.6 Å². The van der Waals surface area contributed by atoms with Crippen molar-refractivity contribution in [2.75, 3.05) is 13.1 Å². The van der Waals surface area contributed by atoms with E-state index in [-0.39, 0.29) is 36.0 Å². The lowest BCUT2D eigenvalue weighted by atomic mass is 10.1. The molecule has 1 aromatic heterocycles. The minimum atomic E-state index is -0.565. The van der Waals surface area contributed by atoms with Gasteiger partial charge < -0.3 is 15.0 Å². The predicted octanol–water partition coefficient (Wildman–Crippen LogP) is 0.826. The van der Waals surface area contributed by atoms with Gasteiger partial charge in [0.25, 0.3) is 5.56 Å². The predicted molar refractivity (Wildman–Crippen MR) is 104 cm³/mol. The Morgan fingerprint density at radius 2 is 1.93 bits per heavy atom. The molecule has 0 radical (unpaired) electrons. The van der Waals surface area contributed by atoms with Gasteiger partial charge in [-0.2, -0.15) is 0 Å². The van der Waals surface area contributed by atoms with Crippen molar-refractivity contribution in [3.8, 4) is 0 Å². The molecule has 2 amide bonds. The molecule has 10 heteroatoms. The van der Waals surface area contributed by atoms with Crippen LogP contribution in [-0.2, 0) is 22.7 Å². The Kier molecular flexibility index (Phi) is 6.30. The summed E-state index contributed by atoms with van der Waals surface area (Å²) in [6.45, 7) is 1.12. The third-order valence-electron chi connectivity index (χ3n) is 4.30. The Bertz CT molecular complexity index is 966. The molecule has 0 saturated carbocycles. The minimum absolute atomic E-state index is 0.115. The number of amides is 2. The number of alkyl carbamates (subject to hydrolysis) is 1. The fourth-order valence-electron chi connectivity index (χ4n) is 2.73. The Morgan fingerprint density at radius 3 is 2.64 bits per heavy atom. The minimum Gasteiger partial charge on any atom is -0.445 e. The third-order valence-corrected chi connectivity index (χ3v) is 4.87. The number of likely N-dealkylation sites (tertiary alicyclic amines) is 1. The number of halogens is 1. The summed E-state index contributed by atoms with van der Waals surface area (Å²) in [6.07, 6.45) is 0.951. The summed E-state index contributed by atoms with van der Waals surface area (Å²) in [5, 5.41) is 2.71. The molecule has 9 nitrogen and oxygen atoms in total. The fourth-order valence-corrected chi connectivity index (χ4v) is 3.07. The molecule has 28 heavy (non-hydrogen) atoms. The van der Waals surface area contributed by atoms with Gasteiger partial charge in [-0.3, -0.25) is 19.1 Å². The van der Waals surface area contributed by atoms with E-state index in [1.165, 1.54) is 10.8 Å². The van der Waals surface area contributed by atoms with Crippen molar-refractivity contribution < 1.29 is 14.3 Å². The van der Waals surface area contributed by atoms with Gasteiger partial charge in [0.2, 0.25) is 5.91 Å². The number of aromatic nitrogens is 2. The van der Waals surface area contributed by atoms with Crippen molar-refractivity contribution in [1.82, 2.24) is 19.8 Å². The maximum Gasteiger partial charge on any atom is 0.407 e. The molecule has 3 rings (SSSR count). The molecular weight excluding hydrogens is 432 g/mol. The molecule has 1 aliphatic rings. The van der Waals surface area contributed by atoms with Gasteiger partial charge in [0.05, 0.1) is 10.5 Å². The largest absolute Gasteiger partial charge is 0.445 e. The summed E-state index contributed by atoms with van der Waals surface area (Å²) in [5.74, 6) is -0.134. The number of carbonyl (C=O) groups is 2. The molecule has 0 unspecified atom stereocenters. The number of benzene rings is 1. The number of carbonyl (C=O) groups excluding carboxylic acids is 2. The molecule has 1 fully saturated rings. The number of rotatable bonds is 6. The molecule has 0 bridgehead atoms. The van der Waals surface area contributed by atoms with Gasteiger partial charge in [-0.1, -0.05) is 30.3 Å². The Morgan fingerprint density at radius 1 is 1.21 bits per heavy atom. The lowest BCUT2D eigenvalue weighted by Gasteiger charge is -2.39. The summed E-state index contributed by atoms with van der Waals surface area (Å²) in [4.78, 5) is 50.7. The topological polar surface area (TPSA) is 113 Å². The molecular formula is C18H19BrN4O5. The van der Waals surface area contributed by atoms with Crippen LogP contribution in [0.3, 0.4) is 0 Å². The summed E-state index contributed by atoms with van der Waals surface area (Å²) in [6, 6.07) is 9.19. The lowest BCUT2D eigenvalue weighted by Crippen LogP contribution is -2.61. The van der Waals surface area contributed by atoms with Crippen molar-refractivity contribution in [3.05, 3.63) is 67.4 Å². The average Bonchev–Trinajstić information content (AvgIpc) is 2.65. The van der Waals surface area contributed by atoms with Crippen LogP contribution < -0.4 is 16.6 Å². The SMILES string of the molecule is O=C(NC1CN(C(=O)CCn2cc(Br)c(=O)[nH]c2=O)C1)OCc1ccccc1. The van der Waals surface area contributed by atoms with Crippen molar-refractivity contribution in [3.63, 3.8) is 0 Å². The monoisotopic (exact) mass is 450 g/mol. The maximum absolute atomic E-state index is 12.2. The number of nitrogens with one attached hydrogen (secondary N) is 2. The number of H-pyrrole nitrogens is 1. The van der Waals surface area contributed by atoms with E-state index in [1.54, 1.807) is 4.90 Å². The smallest absolute Gasteiger partial charge is 0.407 e. The quantitative estimate of drug-likeness (QED) is 0.676. The van der Waals surface area contributed by atoms with E-state index in [0.29, 0.717) is 13.1 Å². The van der Waals surface area contributed by atoms with Gasteiger partial charge in [0, 0.05) is 32.3 Å². The Labute approximate surface area is 168 Å². The second-order valence-corrected chi connectivity index (χ2v) is 7.24. The first-order valence-corrected chi connectivity index (χ1v) is 9.46. The molecule has 148 valence electrons. The molecule has 1 aromatic carbocycles. The molecule has 0 atom stereocenters. The average molecular weight is 451 g/mol. The number of aromatic amines is 1. The molecule has 0 spiro atoms. The van der Waals surface area contributed by atoms with E-state index in [2.05, 4.69) is 26.2 Å². The highest BCUT2D eigenvalue weighted by Crippen LogP contribution is 2.11. The Balaban J connectivity index is 1.38. The first-order chi connectivity index (χ1) is 13.4. The number of aryl methyl sites for hydroxylation is 1. The summed E-state index contributed by atoms with van der Waals surface area (Å²) < 4.78 is 6.63. The van der Waals surface area contributed by atoms with Gasteiger partial charge >= 0.3 is 11.8 Å². The highest BCUT2D eigenvalue weighted by molar-refractivity contribution is 9.10. The fraction of sp³-hybridized carbons (Fsp3) is 0.333. The maximum atomic E-state index is 12.2. The van der Waals surface area contributed by atoms with E-state index in [0.717, 1.165) is 5.56 Å². The zero-order valence-corrected chi connectivity index (χ0v) is 16.5. The van der Waals surface area contributed by atoms with E-state index in [4.69, 9.17) is 4.74 Å². The second kappa shape index (κ2) is 8.87. The van der Waals surface area contributed by atoms with Gasteiger partial charge in [0.15, 0.2) is 0 Å². The zero-order valence-electron chi connectivity index (χ0n) is 14.9. The number of hydrogen-bond acceptors (Lipinski definition) is 5. The molecule has 0 aliphatic carbocycles. The lowest BCUT2D eigenvalue weighted by molar-refractivity contribution is -0.136. The summed E-state index contributed by atoms with van der Waals surface area (Å²) >= 11 is 3.05. The highest BCUT2D eigenvalue weighted by atomic mass is 79.9. The van der Waals surface area contributed by atoms with Gasteiger partial charge in [-0.15, -0.1) is 0 Å². The van der Waals surface area contributed by atoms with Crippen molar-refractivity contribution in [2.45, 2.75) is 25.6 Å². The number of ether oxygens (including phenoxy) is 1. The van der Waals surface area contributed by atoms with Crippen molar-refractivity contribution >= 4 is 27.9 Å². The summed E-state index contributed by atoms with van der Waals surface area (Å²) in [5.41, 5.74) is -0.180. The van der Waals surface area contributed by atoms with Crippen LogP contribution >= 0.6 is 15.9 Å². The van der Waals surface area contributed by atoms with E-state index >= 15 is 0 Å². The molecule has 2 aromatic rings. The van der Waals surface area contributed by atoms with Crippen molar-refractivity contribution in [2.24, 2.45) is 0 Å². The normalized spacial score (nSPS) is 13.7. The second-order valence-electron chi connectivity index (χ2n) is 6.38. The molecule has 1 aliphatic heterocycles. The van der Waals surface area contributed by atoms with Crippen LogP contribution in [-0.4, -0.2) is 45.6 Å². The van der Waals surface area contributed by atoms with E-state index < -0.39 is 17.3 Å². The standard InChI is InChI=1S/C18H19BrN4O5/c19-14-10-22(17(26)21-16(14)25)7-6-15(24)23-8-13(9-23)20-18(27)28-11-12-4-2-1-3-5-12/h1-5,10,13H,6-9,11H2,(H,20,27)(H,21,25,26). The summed E-state index contributed by atoms with van der Waals surface area (Å²) in [7, 11) is 0.